The molecular weight excluding hydrogens is 476 g/mol. The van der Waals surface area contributed by atoms with Crippen LogP contribution in [0.15, 0.2) is 82.4 Å². The minimum atomic E-state index is 0.400. The summed E-state index contributed by atoms with van der Waals surface area (Å²) in [6.07, 6.45) is 1.70. The molecule has 0 bridgehead atoms. The SMILES string of the molecule is COc1cc(C=Nn2c(-c3ccccc3Br)n[nH]c2=S)ccc1OCc1ccccc1. The van der Waals surface area contributed by atoms with Crippen LogP contribution >= 0.6 is 28.1 Å². The zero-order chi connectivity index (χ0) is 21.6. The molecule has 0 amide bonds. The maximum Gasteiger partial charge on any atom is 0.216 e. The second-order valence-electron chi connectivity index (χ2n) is 6.57. The van der Waals surface area contributed by atoms with Gasteiger partial charge in [-0.15, -0.1) is 0 Å². The van der Waals surface area contributed by atoms with Crippen LogP contribution in [0.1, 0.15) is 11.1 Å². The number of aromatic nitrogens is 3. The lowest BCUT2D eigenvalue weighted by Crippen LogP contribution is -1.99. The van der Waals surface area contributed by atoms with E-state index in [-0.39, 0.29) is 0 Å². The third-order valence-corrected chi connectivity index (χ3v) is 5.47. The van der Waals surface area contributed by atoms with Crippen molar-refractivity contribution in [2.24, 2.45) is 5.10 Å². The third kappa shape index (κ3) is 4.92. The molecule has 1 aromatic heterocycles. The van der Waals surface area contributed by atoms with Crippen LogP contribution in [-0.4, -0.2) is 28.2 Å². The largest absolute Gasteiger partial charge is 0.493 e. The van der Waals surface area contributed by atoms with Crippen molar-refractivity contribution in [2.75, 3.05) is 7.11 Å². The number of nitrogens with one attached hydrogen (secondary N) is 1. The van der Waals surface area contributed by atoms with Gasteiger partial charge in [-0.2, -0.15) is 14.9 Å². The highest BCUT2D eigenvalue weighted by Gasteiger charge is 2.11. The number of rotatable bonds is 7. The van der Waals surface area contributed by atoms with Gasteiger partial charge in [0.15, 0.2) is 17.3 Å². The maximum absolute atomic E-state index is 5.92. The molecule has 3 aromatic carbocycles. The van der Waals surface area contributed by atoms with Crippen molar-refractivity contribution in [1.29, 1.82) is 0 Å². The summed E-state index contributed by atoms with van der Waals surface area (Å²) in [5.74, 6) is 1.91. The van der Waals surface area contributed by atoms with Crippen LogP contribution in [0.5, 0.6) is 11.5 Å². The minimum absolute atomic E-state index is 0.400. The Bertz CT molecular complexity index is 1270. The number of halogens is 1. The number of methoxy groups -OCH3 is 1. The molecule has 156 valence electrons. The summed E-state index contributed by atoms with van der Waals surface area (Å²) in [6, 6.07) is 23.4. The zero-order valence-electron chi connectivity index (χ0n) is 16.7. The van der Waals surface area contributed by atoms with Gasteiger partial charge in [0, 0.05) is 10.0 Å². The Kier molecular flexibility index (Phi) is 6.59. The van der Waals surface area contributed by atoms with E-state index in [0.717, 1.165) is 21.2 Å². The van der Waals surface area contributed by atoms with Gasteiger partial charge in [0.25, 0.3) is 0 Å². The van der Waals surface area contributed by atoms with Gasteiger partial charge in [-0.1, -0.05) is 58.4 Å². The fourth-order valence-corrected chi connectivity index (χ4v) is 3.60. The summed E-state index contributed by atoms with van der Waals surface area (Å²) in [6.45, 7) is 0.462. The first kappa shape index (κ1) is 21.0. The molecule has 8 heteroatoms. The van der Waals surface area contributed by atoms with Crippen LogP contribution in [-0.2, 0) is 6.61 Å². The van der Waals surface area contributed by atoms with E-state index >= 15 is 0 Å². The minimum Gasteiger partial charge on any atom is -0.493 e. The van der Waals surface area contributed by atoms with Gasteiger partial charge < -0.3 is 9.47 Å². The predicted molar refractivity (Wildman–Crippen MR) is 127 cm³/mol. The first-order chi connectivity index (χ1) is 15.2. The number of benzene rings is 3. The number of ether oxygens (including phenoxy) is 2. The highest BCUT2D eigenvalue weighted by Crippen LogP contribution is 2.29. The van der Waals surface area contributed by atoms with Crippen molar-refractivity contribution < 1.29 is 9.47 Å². The Balaban J connectivity index is 1.57. The molecule has 0 spiro atoms. The molecule has 1 heterocycles. The van der Waals surface area contributed by atoms with E-state index in [1.165, 1.54) is 0 Å². The van der Waals surface area contributed by atoms with E-state index in [4.69, 9.17) is 21.7 Å². The quantitative estimate of drug-likeness (QED) is 0.259. The average molecular weight is 495 g/mol. The Morgan fingerprint density at radius 1 is 1.06 bits per heavy atom. The van der Waals surface area contributed by atoms with E-state index in [1.54, 1.807) is 18.0 Å². The van der Waals surface area contributed by atoms with Gasteiger partial charge in [0.05, 0.1) is 13.3 Å². The highest BCUT2D eigenvalue weighted by atomic mass is 79.9. The van der Waals surface area contributed by atoms with Crippen molar-refractivity contribution in [3.63, 3.8) is 0 Å². The lowest BCUT2D eigenvalue weighted by atomic mass is 10.2. The monoisotopic (exact) mass is 494 g/mol. The Morgan fingerprint density at radius 3 is 2.61 bits per heavy atom. The maximum atomic E-state index is 5.92. The van der Waals surface area contributed by atoms with E-state index < -0.39 is 0 Å². The number of hydrogen-bond acceptors (Lipinski definition) is 5. The molecule has 1 N–H and O–H groups in total. The average Bonchev–Trinajstić information content (AvgIpc) is 3.17. The zero-order valence-corrected chi connectivity index (χ0v) is 19.1. The second-order valence-corrected chi connectivity index (χ2v) is 7.81. The molecule has 0 aliphatic carbocycles. The highest BCUT2D eigenvalue weighted by molar-refractivity contribution is 9.10. The van der Waals surface area contributed by atoms with Crippen molar-refractivity contribution in [3.8, 4) is 22.9 Å². The topological polar surface area (TPSA) is 64.4 Å². The molecule has 0 fully saturated rings. The fourth-order valence-electron chi connectivity index (χ4n) is 2.96. The summed E-state index contributed by atoms with van der Waals surface area (Å²) >= 11 is 8.90. The van der Waals surface area contributed by atoms with Crippen LogP contribution in [0, 0.1) is 4.77 Å². The molecule has 0 radical (unpaired) electrons. The summed E-state index contributed by atoms with van der Waals surface area (Å²) < 4.78 is 14.3. The molecule has 0 atom stereocenters. The van der Waals surface area contributed by atoms with Gasteiger partial charge in [-0.05, 0) is 53.7 Å². The third-order valence-electron chi connectivity index (χ3n) is 4.51. The van der Waals surface area contributed by atoms with Crippen LogP contribution in [0.3, 0.4) is 0 Å². The first-order valence-corrected chi connectivity index (χ1v) is 10.7. The number of aromatic amines is 1. The van der Waals surface area contributed by atoms with Gasteiger partial charge in [-0.25, -0.2) is 5.10 Å². The van der Waals surface area contributed by atoms with Crippen molar-refractivity contribution >= 4 is 34.4 Å². The Morgan fingerprint density at radius 2 is 1.84 bits per heavy atom. The van der Waals surface area contributed by atoms with E-state index in [2.05, 4.69) is 31.2 Å². The smallest absolute Gasteiger partial charge is 0.216 e. The molecule has 4 rings (SSSR count). The summed E-state index contributed by atoms with van der Waals surface area (Å²) in [5.41, 5.74) is 2.81. The van der Waals surface area contributed by atoms with Crippen LogP contribution in [0.2, 0.25) is 0 Å². The first-order valence-electron chi connectivity index (χ1n) is 9.47. The lowest BCUT2D eigenvalue weighted by molar-refractivity contribution is 0.284. The normalized spacial score (nSPS) is 11.0. The standard InChI is InChI=1S/C23H19BrN4O2S/c1-29-21-13-17(11-12-20(21)30-15-16-7-3-2-4-8-16)14-25-28-22(26-27-23(28)31)18-9-5-6-10-19(18)24/h2-14H,15H2,1H3,(H,27,31). The molecule has 31 heavy (non-hydrogen) atoms. The molecule has 0 aliphatic heterocycles. The van der Waals surface area contributed by atoms with Gasteiger partial charge >= 0.3 is 0 Å². The van der Waals surface area contributed by atoms with Crippen LogP contribution < -0.4 is 9.47 Å². The van der Waals surface area contributed by atoms with E-state index in [9.17, 15) is 0 Å². The van der Waals surface area contributed by atoms with Crippen molar-refractivity contribution in [2.45, 2.75) is 6.61 Å². The van der Waals surface area contributed by atoms with Gasteiger partial charge in [0.2, 0.25) is 4.77 Å². The van der Waals surface area contributed by atoms with E-state index in [0.29, 0.717) is 28.7 Å². The lowest BCUT2D eigenvalue weighted by Gasteiger charge is -2.11. The Hall–Kier alpha value is -3.23. The molecule has 0 saturated carbocycles. The molecule has 0 saturated heterocycles. The number of H-pyrrole nitrogens is 1. The van der Waals surface area contributed by atoms with Crippen molar-refractivity contribution in [1.82, 2.24) is 14.9 Å². The molecule has 6 nitrogen and oxygen atoms in total. The van der Waals surface area contributed by atoms with Gasteiger partial charge in [0.1, 0.15) is 6.61 Å². The summed E-state index contributed by atoms with van der Waals surface area (Å²) in [7, 11) is 1.61. The van der Waals surface area contributed by atoms with Crippen LogP contribution in [0.4, 0.5) is 0 Å². The number of nitrogens with zero attached hydrogens (tertiary/aromatic N) is 3. The summed E-state index contributed by atoms with van der Waals surface area (Å²) in [5, 5.41) is 11.6. The van der Waals surface area contributed by atoms with Gasteiger partial charge in [-0.3, -0.25) is 0 Å². The Labute approximate surface area is 193 Å². The van der Waals surface area contributed by atoms with Crippen molar-refractivity contribution in [3.05, 3.63) is 93.2 Å². The molecular formula is C23H19BrN4O2S. The number of hydrogen-bond donors (Lipinski definition) is 1. The molecule has 0 unspecified atom stereocenters. The predicted octanol–water partition coefficient (Wildman–Crippen LogP) is 5.84. The molecule has 4 aromatic rings. The molecule has 0 aliphatic rings. The second kappa shape index (κ2) is 9.72. The fraction of sp³-hybridized carbons (Fsp3) is 0.0870. The van der Waals surface area contributed by atoms with E-state index in [1.807, 2.05) is 72.8 Å². The summed E-state index contributed by atoms with van der Waals surface area (Å²) in [4.78, 5) is 0. The van der Waals surface area contributed by atoms with Crippen LogP contribution in [0.25, 0.3) is 11.4 Å².